The van der Waals surface area contributed by atoms with Gasteiger partial charge in [-0.05, 0) is 60.9 Å². The molecule has 0 bridgehead atoms. The molecule has 0 aliphatic carbocycles. The van der Waals surface area contributed by atoms with Gasteiger partial charge in [-0.3, -0.25) is 9.69 Å². The van der Waals surface area contributed by atoms with Gasteiger partial charge in [-0.2, -0.15) is 0 Å². The van der Waals surface area contributed by atoms with E-state index in [1.807, 2.05) is 55.5 Å². The van der Waals surface area contributed by atoms with Gasteiger partial charge in [0.25, 0.3) is 5.91 Å². The lowest BCUT2D eigenvalue weighted by atomic mass is 10.1. The summed E-state index contributed by atoms with van der Waals surface area (Å²) in [5, 5.41) is 3.63. The van der Waals surface area contributed by atoms with E-state index in [0.29, 0.717) is 47.3 Å². The molecule has 0 saturated carbocycles. The summed E-state index contributed by atoms with van der Waals surface area (Å²) < 4.78 is 5.33. The van der Waals surface area contributed by atoms with E-state index in [1.54, 1.807) is 28.0 Å². The highest BCUT2D eigenvalue weighted by Crippen LogP contribution is 2.31. The maximum Gasteiger partial charge on any atom is 0.324 e. The quantitative estimate of drug-likeness (QED) is 0.507. The van der Waals surface area contributed by atoms with Crippen molar-refractivity contribution >= 4 is 34.9 Å². The fraction of sp³-hybridized carbons (Fsp3) is 0.231. The Labute approximate surface area is 198 Å². The average Bonchev–Trinajstić information content (AvgIpc) is 2.81. The van der Waals surface area contributed by atoms with Crippen LogP contribution in [0.2, 0.25) is 5.02 Å². The average molecular weight is 464 g/mol. The van der Waals surface area contributed by atoms with E-state index < -0.39 is 0 Å². The highest BCUT2D eigenvalue weighted by atomic mass is 35.5. The van der Waals surface area contributed by atoms with Gasteiger partial charge in [0.05, 0.1) is 24.0 Å². The lowest BCUT2D eigenvalue weighted by Gasteiger charge is -2.36. The number of methoxy groups -OCH3 is 1. The maximum atomic E-state index is 13.4. The molecule has 4 rings (SSSR count). The highest BCUT2D eigenvalue weighted by molar-refractivity contribution is 6.30. The molecule has 33 heavy (non-hydrogen) atoms. The zero-order valence-corrected chi connectivity index (χ0v) is 19.4. The summed E-state index contributed by atoms with van der Waals surface area (Å²) >= 11 is 6.12. The predicted molar refractivity (Wildman–Crippen MR) is 131 cm³/mol. The molecule has 3 amide bonds. The number of carbonyl (C=O) groups excluding carboxylic acids is 2. The Hall–Kier alpha value is -3.51. The summed E-state index contributed by atoms with van der Waals surface area (Å²) in [4.78, 5) is 30.0. The monoisotopic (exact) mass is 463 g/mol. The van der Waals surface area contributed by atoms with Gasteiger partial charge in [0.15, 0.2) is 0 Å². The molecule has 1 fully saturated rings. The van der Waals surface area contributed by atoms with E-state index in [0.717, 1.165) is 17.5 Å². The van der Waals surface area contributed by atoms with Crippen molar-refractivity contribution in [1.29, 1.82) is 0 Å². The Bertz CT molecular complexity index is 1180. The van der Waals surface area contributed by atoms with Crippen LogP contribution in [0.4, 0.5) is 16.2 Å². The molecular weight excluding hydrogens is 438 g/mol. The van der Waals surface area contributed by atoms with Crippen molar-refractivity contribution in [1.82, 2.24) is 4.90 Å². The van der Waals surface area contributed by atoms with Gasteiger partial charge < -0.3 is 15.0 Å². The van der Waals surface area contributed by atoms with Gasteiger partial charge in [0.2, 0.25) is 0 Å². The number of anilines is 2. The van der Waals surface area contributed by atoms with Crippen molar-refractivity contribution < 1.29 is 14.3 Å². The molecule has 0 spiro atoms. The van der Waals surface area contributed by atoms with Crippen molar-refractivity contribution in [3.8, 4) is 5.75 Å². The summed E-state index contributed by atoms with van der Waals surface area (Å²) in [5.74, 6) is 0.200. The van der Waals surface area contributed by atoms with E-state index in [9.17, 15) is 9.59 Å². The molecule has 7 heteroatoms. The molecule has 1 aliphatic heterocycles. The van der Waals surface area contributed by atoms with Gasteiger partial charge in [-0.15, -0.1) is 0 Å². The minimum Gasteiger partial charge on any atom is -0.496 e. The maximum absolute atomic E-state index is 13.4. The number of rotatable bonds is 6. The first kappa shape index (κ1) is 22.7. The molecule has 1 aliphatic rings. The SMILES string of the molecule is COc1ccccc1C(=O)Nc1cc(C)ccc1N1CCCN(Cc2cccc(Cl)c2)C1=O. The number of aryl methyl sites for hydroxylation is 1. The van der Waals surface area contributed by atoms with Gasteiger partial charge in [-0.1, -0.05) is 41.9 Å². The minimum absolute atomic E-state index is 0.0992. The van der Waals surface area contributed by atoms with Gasteiger partial charge in [0.1, 0.15) is 5.75 Å². The normalized spacial score (nSPS) is 13.7. The molecule has 1 saturated heterocycles. The number of para-hydroxylation sites is 1. The van der Waals surface area contributed by atoms with Crippen LogP contribution in [-0.2, 0) is 6.54 Å². The Morgan fingerprint density at radius 1 is 1.06 bits per heavy atom. The molecule has 3 aromatic carbocycles. The highest BCUT2D eigenvalue weighted by Gasteiger charge is 2.29. The number of nitrogens with one attached hydrogen (secondary N) is 1. The van der Waals surface area contributed by atoms with Crippen molar-refractivity contribution in [2.45, 2.75) is 19.9 Å². The number of hydrogen-bond donors (Lipinski definition) is 1. The number of carbonyl (C=O) groups is 2. The number of amides is 3. The largest absolute Gasteiger partial charge is 0.496 e. The van der Waals surface area contributed by atoms with Crippen LogP contribution >= 0.6 is 11.6 Å². The summed E-state index contributed by atoms with van der Waals surface area (Å²) in [5.41, 5.74) is 3.65. The zero-order chi connectivity index (χ0) is 23.4. The molecule has 3 aromatic rings. The molecule has 0 atom stereocenters. The number of hydrogen-bond acceptors (Lipinski definition) is 3. The van der Waals surface area contributed by atoms with Crippen molar-refractivity contribution in [2.75, 3.05) is 30.4 Å². The third kappa shape index (κ3) is 5.12. The summed E-state index contributed by atoms with van der Waals surface area (Å²) in [6.07, 6.45) is 0.820. The van der Waals surface area contributed by atoms with Crippen LogP contribution in [0.3, 0.4) is 0 Å². The topological polar surface area (TPSA) is 61.9 Å². The number of benzene rings is 3. The number of nitrogens with zero attached hydrogens (tertiary/aromatic N) is 2. The fourth-order valence-corrected chi connectivity index (χ4v) is 4.23. The van der Waals surface area contributed by atoms with Crippen LogP contribution in [0, 0.1) is 6.92 Å². The van der Waals surface area contributed by atoms with Crippen LogP contribution in [-0.4, -0.2) is 37.0 Å². The third-order valence-electron chi connectivity index (χ3n) is 5.62. The molecule has 1 heterocycles. The van der Waals surface area contributed by atoms with Gasteiger partial charge in [-0.25, -0.2) is 4.79 Å². The first-order chi connectivity index (χ1) is 16.0. The van der Waals surface area contributed by atoms with E-state index >= 15 is 0 Å². The van der Waals surface area contributed by atoms with Crippen LogP contribution < -0.4 is 15.0 Å². The van der Waals surface area contributed by atoms with Crippen LogP contribution in [0.15, 0.2) is 66.7 Å². The molecule has 6 nitrogen and oxygen atoms in total. The Morgan fingerprint density at radius 3 is 2.67 bits per heavy atom. The number of halogens is 1. The first-order valence-electron chi connectivity index (χ1n) is 10.8. The van der Waals surface area contributed by atoms with Crippen molar-refractivity contribution in [3.63, 3.8) is 0 Å². The van der Waals surface area contributed by atoms with E-state index in [2.05, 4.69) is 5.32 Å². The standard InChI is InChI=1S/C26H26ClN3O3/c1-18-11-12-23(22(15-18)28-25(31)21-9-3-4-10-24(21)33-2)30-14-6-13-29(26(30)32)17-19-7-5-8-20(27)16-19/h3-5,7-12,15-16H,6,13-14,17H2,1-2H3,(H,28,31). The summed E-state index contributed by atoms with van der Waals surface area (Å²) in [6.45, 7) is 3.67. The van der Waals surface area contributed by atoms with Gasteiger partial charge in [0, 0.05) is 24.7 Å². The van der Waals surface area contributed by atoms with Crippen molar-refractivity contribution in [2.24, 2.45) is 0 Å². The van der Waals surface area contributed by atoms with Crippen LogP contribution in [0.1, 0.15) is 27.9 Å². The smallest absolute Gasteiger partial charge is 0.324 e. The van der Waals surface area contributed by atoms with E-state index in [-0.39, 0.29) is 11.9 Å². The molecule has 1 N–H and O–H groups in total. The second-order valence-electron chi connectivity index (χ2n) is 8.01. The Morgan fingerprint density at radius 2 is 1.88 bits per heavy atom. The van der Waals surface area contributed by atoms with Crippen LogP contribution in [0.5, 0.6) is 5.75 Å². The Kier molecular flexibility index (Phi) is 6.84. The molecule has 0 aromatic heterocycles. The number of ether oxygens (including phenoxy) is 1. The molecule has 170 valence electrons. The minimum atomic E-state index is -0.292. The van der Waals surface area contributed by atoms with Gasteiger partial charge >= 0.3 is 6.03 Å². The van der Waals surface area contributed by atoms with Crippen LogP contribution in [0.25, 0.3) is 0 Å². The Balaban J connectivity index is 1.59. The lowest BCUT2D eigenvalue weighted by molar-refractivity contribution is 0.102. The third-order valence-corrected chi connectivity index (χ3v) is 5.85. The lowest BCUT2D eigenvalue weighted by Crippen LogP contribution is -2.49. The first-order valence-corrected chi connectivity index (χ1v) is 11.2. The summed E-state index contributed by atoms with van der Waals surface area (Å²) in [6, 6.07) is 20.2. The second-order valence-corrected chi connectivity index (χ2v) is 8.45. The molecule has 0 radical (unpaired) electrons. The predicted octanol–water partition coefficient (Wildman–Crippen LogP) is 5.74. The fourth-order valence-electron chi connectivity index (χ4n) is 4.01. The molecule has 0 unspecified atom stereocenters. The summed E-state index contributed by atoms with van der Waals surface area (Å²) in [7, 11) is 1.53. The van der Waals surface area contributed by atoms with Crippen molar-refractivity contribution in [3.05, 3.63) is 88.4 Å². The van der Waals surface area contributed by atoms with E-state index in [4.69, 9.17) is 16.3 Å². The second kappa shape index (κ2) is 9.96. The molecular formula is C26H26ClN3O3. The zero-order valence-electron chi connectivity index (χ0n) is 18.7. The number of urea groups is 1. The van der Waals surface area contributed by atoms with E-state index in [1.165, 1.54) is 7.11 Å².